The first-order valence-electron chi connectivity index (χ1n) is 5.91. The van der Waals surface area contributed by atoms with Crippen molar-refractivity contribution in [2.75, 3.05) is 18.9 Å². The lowest BCUT2D eigenvalue weighted by atomic mass is 10.1. The zero-order chi connectivity index (χ0) is 15.3. The van der Waals surface area contributed by atoms with Crippen molar-refractivity contribution in [3.05, 3.63) is 28.3 Å². The fourth-order valence-electron chi connectivity index (χ4n) is 1.07. The fraction of sp³-hybridized carbons (Fsp3) is 0.462. The van der Waals surface area contributed by atoms with Gasteiger partial charge in [-0.15, -0.1) is 0 Å². The van der Waals surface area contributed by atoms with Crippen LogP contribution in [0.15, 0.2) is 12.1 Å². The van der Waals surface area contributed by atoms with E-state index in [0.717, 1.165) is 24.0 Å². The van der Waals surface area contributed by atoms with E-state index in [4.69, 9.17) is 26.8 Å². The minimum atomic E-state index is 0.553. The molecule has 0 heterocycles. The monoisotopic (exact) mass is 306 g/mol. The van der Waals surface area contributed by atoms with Crippen molar-refractivity contribution >= 4 is 32.4 Å². The molecule has 6 heteroatoms. The van der Waals surface area contributed by atoms with Gasteiger partial charge in [0.1, 0.15) is 6.29 Å². The predicted octanol–water partition coefficient (Wildman–Crippen LogP) is 3.50. The van der Waals surface area contributed by atoms with Crippen LogP contribution in [0.4, 0.5) is 5.69 Å². The van der Waals surface area contributed by atoms with Gasteiger partial charge in [0.2, 0.25) is 0 Å². The Morgan fingerprint density at radius 3 is 2.32 bits per heavy atom. The maximum absolute atomic E-state index is 8.81. The van der Waals surface area contributed by atoms with Crippen molar-refractivity contribution < 1.29 is 9.42 Å². The highest BCUT2D eigenvalue weighted by molar-refractivity contribution is 7.31. The third-order valence-electron chi connectivity index (χ3n) is 1.80. The van der Waals surface area contributed by atoms with Crippen LogP contribution < -0.4 is 11.2 Å². The van der Waals surface area contributed by atoms with Crippen LogP contribution in [0.3, 0.4) is 0 Å². The molecule has 0 aromatic heterocycles. The molecule has 0 fully saturated rings. The van der Waals surface area contributed by atoms with Crippen molar-refractivity contribution in [1.82, 2.24) is 5.48 Å². The summed E-state index contributed by atoms with van der Waals surface area (Å²) in [5.74, 6) is 0. The number of hydrogen-bond donors (Lipinski definition) is 2. The smallest absolute Gasteiger partial charge is 0.116 e. The fourth-order valence-corrected chi connectivity index (χ4v) is 1.68. The van der Waals surface area contributed by atoms with Crippen molar-refractivity contribution in [2.45, 2.75) is 27.7 Å². The lowest BCUT2D eigenvalue weighted by molar-refractivity contribution is -0.106. The first kappa shape index (κ1) is 20.6. The normalized spacial score (nSPS) is 9.37. The van der Waals surface area contributed by atoms with E-state index in [1.165, 1.54) is 6.92 Å². The number of aryl methyl sites for hydroxylation is 2. The minimum Gasteiger partial charge on any atom is -0.397 e. The van der Waals surface area contributed by atoms with Crippen LogP contribution in [0.2, 0.25) is 5.02 Å². The van der Waals surface area contributed by atoms with Crippen LogP contribution in [-0.2, 0) is 9.42 Å². The summed E-state index contributed by atoms with van der Waals surface area (Å²) in [7, 11) is 0.553. The second kappa shape index (κ2) is 13.8. The SMILES string of the molecule is CC=O.CCNOPC.Cc1cc(C)c(N)c(Cl)c1. The highest BCUT2D eigenvalue weighted by atomic mass is 35.5. The second-order valence-corrected chi connectivity index (χ2v) is 4.54. The Kier molecular flexibility index (Phi) is 14.9. The summed E-state index contributed by atoms with van der Waals surface area (Å²) in [6.45, 7) is 10.3. The van der Waals surface area contributed by atoms with Gasteiger partial charge in [-0.2, -0.15) is 5.48 Å². The van der Waals surface area contributed by atoms with Gasteiger partial charge in [-0.3, -0.25) is 4.62 Å². The highest BCUT2D eigenvalue weighted by Crippen LogP contribution is 2.23. The summed E-state index contributed by atoms with van der Waals surface area (Å²) in [6, 6.07) is 3.88. The first-order chi connectivity index (χ1) is 8.94. The summed E-state index contributed by atoms with van der Waals surface area (Å²) < 4.78 is 4.76. The highest BCUT2D eigenvalue weighted by Gasteiger charge is 1.98. The molecule has 19 heavy (non-hydrogen) atoms. The number of nitrogens with one attached hydrogen (secondary N) is 1. The summed E-state index contributed by atoms with van der Waals surface area (Å²) in [5, 5.41) is 0.650. The van der Waals surface area contributed by atoms with Crippen molar-refractivity contribution in [2.24, 2.45) is 0 Å². The van der Waals surface area contributed by atoms with Crippen LogP contribution in [0, 0.1) is 13.8 Å². The third kappa shape index (κ3) is 12.1. The van der Waals surface area contributed by atoms with Crippen LogP contribution in [0.25, 0.3) is 0 Å². The third-order valence-corrected chi connectivity index (χ3v) is 2.46. The zero-order valence-electron chi connectivity index (χ0n) is 12.2. The number of benzene rings is 1. The quantitative estimate of drug-likeness (QED) is 0.295. The van der Waals surface area contributed by atoms with E-state index < -0.39 is 0 Å². The molecular weight excluding hydrogens is 283 g/mol. The van der Waals surface area contributed by atoms with Crippen LogP contribution in [-0.4, -0.2) is 19.5 Å². The lowest BCUT2D eigenvalue weighted by Gasteiger charge is -2.02. The van der Waals surface area contributed by atoms with Gasteiger partial charge in [0.25, 0.3) is 0 Å². The second-order valence-electron chi connectivity index (χ2n) is 3.52. The number of hydroxylamine groups is 1. The molecule has 0 saturated carbocycles. The summed E-state index contributed by atoms with van der Waals surface area (Å²) in [6.07, 6.45) is 0.750. The molecule has 0 amide bonds. The molecule has 1 aromatic carbocycles. The first-order valence-corrected chi connectivity index (χ1v) is 7.70. The Morgan fingerprint density at radius 1 is 1.47 bits per heavy atom. The van der Waals surface area contributed by atoms with Gasteiger partial charge in [0.05, 0.1) is 10.7 Å². The van der Waals surface area contributed by atoms with E-state index >= 15 is 0 Å². The standard InChI is InChI=1S/C8H10ClN.C3H10NOP.C2H4O/c1-5-3-6(2)8(10)7(9)4-5;1-3-4-5-6-2;1-2-3/h3-4H,10H2,1-2H3;4,6H,3H2,1-2H3;2H,1H3. The van der Waals surface area contributed by atoms with E-state index in [1.54, 1.807) is 0 Å². The summed E-state index contributed by atoms with van der Waals surface area (Å²) in [5.41, 5.74) is 11.2. The molecule has 4 nitrogen and oxygen atoms in total. The van der Waals surface area contributed by atoms with E-state index in [0.29, 0.717) is 19.5 Å². The zero-order valence-corrected chi connectivity index (χ0v) is 14.0. The number of halogens is 1. The van der Waals surface area contributed by atoms with Gasteiger partial charge in [-0.1, -0.05) is 24.6 Å². The summed E-state index contributed by atoms with van der Waals surface area (Å²) in [4.78, 5) is 8.81. The van der Waals surface area contributed by atoms with Crippen molar-refractivity contribution in [3.8, 4) is 0 Å². The number of nitrogen functional groups attached to an aromatic ring is 1. The van der Waals surface area contributed by atoms with Gasteiger partial charge < -0.3 is 10.5 Å². The largest absolute Gasteiger partial charge is 0.397 e. The van der Waals surface area contributed by atoms with Crippen LogP contribution in [0.1, 0.15) is 25.0 Å². The average Bonchev–Trinajstić information content (AvgIpc) is 2.35. The molecule has 1 aromatic rings. The molecule has 0 bridgehead atoms. The summed E-state index contributed by atoms with van der Waals surface area (Å²) >= 11 is 5.79. The molecule has 1 atom stereocenters. The number of anilines is 1. The Hall–Kier alpha value is -0.670. The van der Waals surface area contributed by atoms with Gasteiger partial charge in [0, 0.05) is 15.4 Å². The van der Waals surface area contributed by atoms with E-state index in [2.05, 4.69) is 5.48 Å². The molecule has 1 rings (SSSR count). The Morgan fingerprint density at radius 2 is 2.00 bits per heavy atom. The molecule has 0 saturated heterocycles. The molecule has 0 aliphatic carbocycles. The Balaban J connectivity index is 0. The molecule has 0 aliphatic rings. The van der Waals surface area contributed by atoms with Gasteiger partial charge >= 0.3 is 0 Å². The molecule has 0 radical (unpaired) electrons. The molecule has 110 valence electrons. The lowest BCUT2D eigenvalue weighted by Crippen LogP contribution is -2.06. The molecule has 0 spiro atoms. The van der Waals surface area contributed by atoms with Gasteiger partial charge in [-0.05, 0) is 44.6 Å². The van der Waals surface area contributed by atoms with Crippen LogP contribution >= 0.6 is 20.4 Å². The molecule has 0 aliphatic heterocycles. The number of nitrogens with two attached hydrogens (primary N) is 1. The topological polar surface area (TPSA) is 64.3 Å². The number of carbonyl (C=O) groups excluding carboxylic acids is 1. The number of rotatable bonds is 3. The molecular formula is C13H24ClN2O2P. The van der Waals surface area contributed by atoms with E-state index in [-0.39, 0.29) is 0 Å². The van der Waals surface area contributed by atoms with Gasteiger partial charge in [0.15, 0.2) is 0 Å². The Labute approximate surface area is 122 Å². The van der Waals surface area contributed by atoms with E-state index in [1.807, 2.05) is 39.6 Å². The van der Waals surface area contributed by atoms with Gasteiger partial charge in [-0.25, -0.2) is 0 Å². The van der Waals surface area contributed by atoms with Crippen molar-refractivity contribution in [3.63, 3.8) is 0 Å². The van der Waals surface area contributed by atoms with E-state index in [9.17, 15) is 0 Å². The predicted molar refractivity (Wildman–Crippen MR) is 86.1 cm³/mol. The Bertz CT molecular complexity index is 335. The number of carbonyl (C=O) groups is 1. The maximum atomic E-state index is 8.81. The molecule has 1 unspecified atom stereocenters. The average molecular weight is 307 g/mol. The van der Waals surface area contributed by atoms with Crippen LogP contribution in [0.5, 0.6) is 0 Å². The maximum Gasteiger partial charge on any atom is 0.116 e. The van der Waals surface area contributed by atoms with Crippen molar-refractivity contribution in [1.29, 1.82) is 0 Å². The minimum absolute atomic E-state index is 0.553. The number of aldehydes is 1. The molecule has 3 N–H and O–H groups in total. The number of hydrogen-bond acceptors (Lipinski definition) is 4.